The molecule has 5 heteroatoms. The van der Waals surface area contributed by atoms with Crippen LogP contribution in [-0.4, -0.2) is 24.7 Å². The summed E-state index contributed by atoms with van der Waals surface area (Å²) in [4.78, 5) is 13.0. The van der Waals surface area contributed by atoms with E-state index in [9.17, 15) is 9.90 Å². The molecule has 1 atom stereocenters. The lowest BCUT2D eigenvalue weighted by molar-refractivity contribution is 0.0556. The molecule has 1 amide bonds. The zero-order valence-electron chi connectivity index (χ0n) is 12.3. The second kappa shape index (κ2) is 6.28. The molecule has 21 heavy (non-hydrogen) atoms. The van der Waals surface area contributed by atoms with Gasteiger partial charge in [0.15, 0.2) is 0 Å². The van der Waals surface area contributed by atoms with Gasteiger partial charge in [0.05, 0.1) is 13.7 Å². The summed E-state index contributed by atoms with van der Waals surface area (Å²) in [6, 6.07) is 9.02. The predicted octanol–water partition coefficient (Wildman–Crippen LogP) is 2.70. The van der Waals surface area contributed by atoms with Crippen LogP contribution in [0.25, 0.3) is 0 Å². The molecular weight excluding hydrogens is 286 g/mol. The molecule has 0 aliphatic carbocycles. The van der Waals surface area contributed by atoms with Crippen molar-refractivity contribution in [2.24, 2.45) is 0 Å². The van der Waals surface area contributed by atoms with Gasteiger partial charge in [-0.05, 0) is 49.1 Å². The third-order valence-electron chi connectivity index (χ3n) is 3.32. The summed E-state index contributed by atoms with van der Waals surface area (Å²) < 4.78 is 5.12. The van der Waals surface area contributed by atoms with Crippen molar-refractivity contribution >= 4 is 17.2 Å². The Bertz CT molecular complexity index is 620. The molecule has 0 saturated heterocycles. The number of thiophene rings is 1. The van der Waals surface area contributed by atoms with Crippen LogP contribution in [0.4, 0.5) is 0 Å². The maximum atomic E-state index is 12.2. The van der Waals surface area contributed by atoms with Crippen molar-refractivity contribution in [1.82, 2.24) is 5.32 Å². The molecule has 1 aromatic heterocycles. The van der Waals surface area contributed by atoms with Crippen molar-refractivity contribution in [3.8, 4) is 5.75 Å². The summed E-state index contributed by atoms with van der Waals surface area (Å²) >= 11 is 1.47. The van der Waals surface area contributed by atoms with Crippen LogP contribution in [0, 0.1) is 6.92 Å². The molecule has 0 fully saturated rings. The topological polar surface area (TPSA) is 58.6 Å². The number of carbonyl (C=O) groups is 1. The molecule has 0 aliphatic rings. The van der Waals surface area contributed by atoms with E-state index in [2.05, 4.69) is 5.32 Å². The molecule has 0 bridgehead atoms. The highest BCUT2D eigenvalue weighted by molar-refractivity contribution is 7.10. The minimum Gasteiger partial charge on any atom is -0.497 e. The number of amides is 1. The lowest BCUT2D eigenvalue weighted by Crippen LogP contribution is -2.38. The number of nitrogens with one attached hydrogen (secondary N) is 1. The van der Waals surface area contributed by atoms with Crippen molar-refractivity contribution in [2.45, 2.75) is 19.4 Å². The first-order valence-electron chi connectivity index (χ1n) is 6.63. The predicted molar refractivity (Wildman–Crippen MR) is 84.0 cm³/mol. The molecule has 2 N–H and O–H groups in total. The van der Waals surface area contributed by atoms with Gasteiger partial charge in [0.2, 0.25) is 0 Å². The Labute approximate surface area is 128 Å². The molecule has 2 aromatic rings. The van der Waals surface area contributed by atoms with Crippen LogP contribution in [0.3, 0.4) is 0 Å². The first-order chi connectivity index (χ1) is 9.94. The maximum Gasteiger partial charge on any atom is 0.251 e. The van der Waals surface area contributed by atoms with Crippen molar-refractivity contribution in [2.75, 3.05) is 13.7 Å². The average molecular weight is 305 g/mol. The molecule has 0 radical (unpaired) electrons. The lowest BCUT2D eigenvalue weighted by atomic mass is 10.0. The van der Waals surface area contributed by atoms with Crippen LogP contribution < -0.4 is 10.1 Å². The average Bonchev–Trinajstić information content (AvgIpc) is 2.99. The Balaban J connectivity index is 2.05. The van der Waals surface area contributed by atoms with Crippen LogP contribution in [0.1, 0.15) is 27.7 Å². The molecule has 4 nitrogen and oxygen atoms in total. The van der Waals surface area contributed by atoms with Crippen molar-refractivity contribution in [3.05, 3.63) is 51.7 Å². The summed E-state index contributed by atoms with van der Waals surface area (Å²) in [5.41, 5.74) is 0.352. The molecule has 0 spiro atoms. The SMILES string of the molecule is COc1ccc(C(=O)NCC(C)(O)c2cccs2)c(C)c1. The number of hydrogen-bond acceptors (Lipinski definition) is 4. The van der Waals surface area contributed by atoms with E-state index in [4.69, 9.17) is 4.74 Å². The van der Waals surface area contributed by atoms with E-state index in [-0.39, 0.29) is 12.5 Å². The van der Waals surface area contributed by atoms with Crippen LogP contribution in [-0.2, 0) is 5.60 Å². The van der Waals surface area contributed by atoms with E-state index in [1.807, 2.05) is 30.5 Å². The van der Waals surface area contributed by atoms with Crippen molar-refractivity contribution in [1.29, 1.82) is 0 Å². The highest BCUT2D eigenvalue weighted by Crippen LogP contribution is 2.24. The van der Waals surface area contributed by atoms with Gasteiger partial charge in [0.25, 0.3) is 5.91 Å². The first-order valence-corrected chi connectivity index (χ1v) is 7.51. The van der Waals surface area contributed by atoms with Gasteiger partial charge in [-0.15, -0.1) is 11.3 Å². The summed E-state index contributed by atoms with van der Waals surface area (Å²) in [6.45, 7) is 3.71. The van der Waals surface area contributed by atoms with Crippen molar-refractivity contribution in [3.63, 3.8) is 0 Å². The smallest absolute Gasteiger partial charge is 0.251 e. The number of aliphatic hydroxyl groups is 1. The third kappa shape index (κ3) is 3.62. The highest BCUT2D eigenvalue weighted by atomic mass is 32.1. The summed E-state index contributed by atoms with van der Waals surface area (Å²) in [5.74, 6) is 0.515. The second-order valence-corrected chi connectivity index (χ2v) is 6.06. The summed E-state index contributed by atoms with van der Waals surface area (Å²) in [5, 5.41) is 15.1. The lowest BCUT2D eigenvalue weighted by Gasteiger charge is -2.22. The summed E-state index contributed by atoms with van der Waals surface area (Å²) in [7, 11) is 1.59. The minimum absolute atomic E-state index is 0.164. The van der Waals surface area contributed by atoms with Crippen LogP contribution >= 0.6 is 11.3 Å². The second-order valence-electron chi connectivity index (χ2n) is 5.11. The molecule has 1 heterocycles. The minimum atomic E-state index is -1.07. The van der Waals surface area contributed by atoms with Gasteiger partial charge < -0.3 is 15.2 Å². The van der Waals surface area contributed by atoms with E-state index in [0.717, 1.165) is 16.2 Å². The zero-order valence-corrected chi connectivity index (χ0v) is 13.2. The Morgan fingerprint density at radius 1 is 1.43 bits per heavy atom. The standard InChI is InChI=1S/C16H19NO3S/c1-11-9-12(20-3)6-7-13(11)15(18)17-10-16(2,19)14-5-4-8-21-14/h4-9,19H,10H2,1-3H3,(H,17,18). The maximum absolute atomic E-state index is 12.2. The number of benzene rings is 1. The van der Waals surface area contributed by atoms with Gasteiger partial charge in [0.1, 0.15) is 11.4 Å². The molecule has 112 valence electrons. The Morgan fingerprint density at radius 3 is 2.76 bits per heavy atom. The van der Waals surface area contributed by atoms with E-state index in [1.165, 1.54) is 11.3 Å². The Kier molecular flexibility index (Phi) is 4.65. The molecular formula is C16H19NO3S. The first kappa shape index (κ1) is 15.5. The van der Waals surface area contributed by atoms with Crippen molar-refractivity contribution < 1.29 is 14.6 Å². The number of carbonyl (C=O) groups excluding carboxylic acids is 1. The van der Waals surface area contributed by atoms with E-state index in [1.54, 1.807) is 26.2 Å². The third-order valence-corrected chi connectivity index (χ3v) is 4.45. The Hall–Kier alpha value is -1.85. The van der Waals surface area contributed by atoms with Crippen LogP contribution in [0.15, 0.2) is 35.7 Å². The fourth-order valence-corrected chi connectivity index (χ4v) is 2.82. The Morgan fingerprint density at radius 2 is 2.19 bits per heavy atom. The van der Waals surface area contributed by atoms with Crippen LogP contribution in [0.2, 0.25) is 0 Å². The van der Waals surface area contributed by atoms with Gasteiger partial charge in [-0.1, -0.05) is 6.07 Å². The van der Waals surface area contributed by atoms with Gasteiger partial charge in [-0.25, -0.2) is 0 Å². The van der Waals surface area contributed by atoms with Gasteiger partial charge in [-0.3, -0.25) is 4.79 Å². The fraction of sp³-hybridized carbons (Fsp3) is 0.312. The zero-order chi connectivity index (χ0) is 15.5. The van der Waals surface area contributed by atoms with Gasteiger partial charge >= 0.3 is 0 Å². The monoisotopic (exact) mass is 305 g/mol. The van der Waals surface area contributed by atoms with E-state index >= 15 is 0 Å². The molecule has 2 rings (SSSR count). The normalized spacial score (nSPS) is 13.5. The number of methoxy groups -OCH3 is 1. The largest absolute Gasteiger partial charge is 0.497 e. The van der Waals surface area contributed by atoms with E-state index in [0.29, 0.717) is 5.56 Å². The summed E-state index contributed by atoms with van der Waals surface area (Å²) in [6.07, 6.45) is 0. The number of ether oxygens (including phenoxy) is 1. The molecule has 1 unspecified atom stereocenters. The number of rotatable bonds is 5. The molecule has 0 aliphatic heterocycles. The number of hydrogen-bond donors (Lipinski definition) is 2. The fourth-order valence-electron chi connectivity index (χ4n) is 2.04. The number of aryl methyl sites for hydroxylation is 1. The molecule has 0 saturated carbocycles. The van der Waals surface area contributed by atoms with Gasteiger partial charge in [0, 0.05) is 10.4 Å². The van der Waals surface area contributed by atoms with Crippen LogP contribution in [0.5, 0.6) is 5.75 Å². The quantitative estimate of drug-likeness (QED) is 0.893. The van der Waals surface area contributed by atoms with Gasteiger partial charge in [-0.2, -0.15) is 0 Å². The molecule has 1 aromatic carbocycles. The highest BCUT2D eigenvalue weighted by Gasteiger charge is 2.25. The van der Waals surface area contributed by atoms with E-state index < -0.39 is 5.60 Å².